The minimum absolute atomic E-state index is 0.512. The fourth-order valence-corrected chi connectivity index (χ4v) is 11.4. The van der Waals surface area contributed by atoms with Crippen LogP contribution in [0.3, 0.4) is 0 Å². The molecule has 0 amide bonds. The lowest BCUT2D eigenvalue weighted by atomic mass is 9.66. The van der Waals surface area contributed by atoms with Crippen LogP contribution >= 0.6 is 11.3 Å². The molecule has 0 bridgehead atoms. The molecule has 2 aliphatic rings. The minimum atomic E-state index is -0.512. The van der Waals surface area contributed by atoms with Crippen molar-refractivity contribution in [2.75, 3.05) is 4.90 Å². The van der Waals surface area contributed by atoms with Crippen molar-refractivity contribution in [3.63, 3.8) is 0 Å². The van der Waals surface area contributed by atoms with Crippen LogP contribution in [0.4, 0.5) is 11.4 Å². The van der Waals surface area contributed by atoms with E-state index in [1.165, 1.54) is 103 Å². The fraction of sp³-hybridized carbons (Fsp3) is 0.0526. The highest BCUT2D eigenvalue weighted by Gasteiger charge is 2.48. The van der Waals surface area contributed by atoms with Crippen molar-refractivity contribution in [3.05, 3.63) is 240 Å². The van der Waals surface area contributed by atoms with Gasteiger partial charge in [0.05, 0.1) is 11.1 Å². The molecule has 0 spiro atoms. The van der Waals surface area contributed by atoms with Crippen LogP contribution < -0.4 is 4.90 Å². The second-order valence-corrected chi connectivity index (χ2v) is 16.9. The van der Waals surface area contributed by atoms with Gasteiger partial charge in [0.15, 0.2) is 0 Å². The first-order valence-electron chi connectivity index (χ1n) is 20.7. The second-order valence-electron chi connectivity index (χ2n) is 15.8. The van der Waals surface area contributed by atoms with Crippen LogP contribution in [-0.4, -0.2) is 0 Å². The molecule has 0 aliphatic heterocycles. The smallest absolute Gasteiger partial charge is 0.0719 e. The highest BCUT2D eigenvalue weighted by molar-refractivity contribution is 7.25. The number of allylic oxidation sites excluding steroid dienone is 4. The van der Waals surface area contributed by atoms with Crippen LogP contribution in [0.15, 0.2) is 218 Å². The Balaban J connectivity index is 1.15. The van der Waals surface area contributed by atoms with E-state index in [0.717, 1.165) is 12.8 Å². The maximum Gasteiger partial charge on any atom is 0.0719 e. The third-order valence-corrected chi connectivity index (χ3v) is 13.9. The maximum atomic E-state index is 2.53. The lowest BCUT2D eigenvalue weighted by molar-refractivity contribution is 0.775. The molecular formula is C57H39NS. The predicted octanol–water partition coefficient (Wildman–Crippen LogP) is 15.8. The molecular weight excluding hydrogens is 731 g/mol. The molecule has 0 radical (unpaired) electrons. The Morgan fingerprint density at radius 2 is 1.14 bits per heavy atom. The van der Waals surface area contributed by atoms with E-state index < -0.39 is 5.41 Å². The summed E-state index contributed by atoms with van der Waals surface area (Å²) in [5, 5.41) is 7.65. The Kier molecular flexibility index (Phi) is 7.83. The van der Waals surface area contributed by atoms with E-state index in [2.05, 4.69) is 217 Å². The first-order valence-corrected chi connectivity index (χ1v) is 21.5. The molecule has 1 aromatic heterocycles. The Labute approximate surface area is 348 Å². The predicted molar refractivity (Wildman–Crippen MR) is 252 cm³/mol. The molecule has 1 nitrogen and oxygen atoms in total. The number of rotatable bonds is 6. The molecule has 9 aromatic carbocycles. The van der Waals surface area contributed by atoms with Gasteiger partial charge in [0.1, 0.15) is 0 Å². The van der Waals surface area contributed by atoms with E-state index in [-0.39, 0.29) is 0 Å². The average molecular weight is 770 g/mol. The second kappa shape index (κ2) is 13.6. The van der Waals surface area contributed by atoms with E-state index in [0.29, 0.717) is 0 Å². The molecule has 0 saturated heterocycles. The van der Waals surface area contributed by atoms with Gasteiger partial charge in [0, 0.05) is 36.9 Å². The monoisotopic (exact) mass is 769 g/mol. The summed E-state index contributed by atoms with van der Waals surface area (Å²) in [5.74, 6) is 0. The molecule has 0 atom stereocenters. The van der Waals surface area contributed by atoms with Gasteiger partial charge >= 0.3 is 0 Å². The van der Waals surface area contributed by atoms with E-state index in [1.807, 2.05) is 11.3 Å². The quantitative estimate of drug-likeness (QED) is 0.163. The zero-order valence-electron chi connectivity index (χ0n) is 32.5. The van der Waals surface area contributed by atoms with Crippen molar-refractivity contribution in [2.24, 2.45) is 0 Å². The molecule has 0 saturated carbocycles. The normalized spacial score (nSPS) is 14.1. The summed E-state index contributed by atoms with van der Waals surface area (Å²) in [6.45, 7) is 0. The number of benzene rings is 9. The first kappa shape index (κ1) is 34.1. The van der Waals surface area contributed by atoms with E-state index in [4.69, 9.17) is 0 Å². The van der Waals surface area contributed by atoms with Crippen LogP contribution in [0, 0.1) is 0 Å². The van der Waals surface area contributed by atoms with Crippen LogP contribution in [-0.2, 0) is 5.41 Å². The number of hydrogen-bond acceptors (Lipinski definition) is 2. The first-order chi connectivity index (χ1) is 29.3. The third kappa shape index (κ3) is 5.10. The van der Waals surface area contributed by atoms with Crippen molar-refractivity contribution in [2.45, 2.75) is 18.3 Å². The standard InChI is InChI=1S/C57H39NS/c1-4-19-39(20-5-1)57(40-21-6-2-7-22-40)51-30-16-14-29-48(51)55-50(36-38-18-10-11-25-43(38)56(55)57)45-33-34-52(46-27-13-12-26-44(45)46)58(41-23-8-3-9-24-41)42-32-35-54-49(37-42)47-28-15-17-31-53(47)59-54/h1-8,10-23,25-37H,9,24H2. The maximum absolute atomic E-state index is 2.53. The molecule has 59 heavy (non-hydrogen) atoms. The Bertz CT molecular complexity index is 3290. The van der Waals surface area contributed by atoms with Crippen molar-refractivity contribution < 1.29 is 0 Å². The Morgan fingerprint density at radius 3 is 1.92 bits per heavy atom. The summed E-state index contributed by atoms with van der Waals surface area (Å²) >= 11 is 1.87. The van der Waals surface area contributed by atoms with Crippen molar-refractivity contribution >= 4 is 64.4 Å². The van der Waals surface area contributed by atoms with E-state index >= 15 is 0 Å². The molecule has 12 rings (SSSR count). The number of nitrogens with zero attached hydrogens (tertiary/aromatic N) is 1. The van der Waals surface area contributed by atoms with E-state index in [1.54, 1.807) is 0 Å². The molecule has 2 heteroatoms. The highest BCUT2D eigenvalue weighted by Crippen LogP contribution is 2.61. The molecule has 1 heterocycles. The Hall–Kier alpha value is -7.00. The van der Waals surface area contributed by atoms with Crippen LogP contribution in [0.1, 0.15) is 35.1 Å². The molecule has 0 N–H and O–H groups in total. The van der Waals surface area contributed by atoms with Crippen molar-refractivity contribution in [1.29, 1.82) is 0 Å². The van der Waals surface area contributed by atoms with Crippen molar-refractivity contribution in [1.82, 2.24) is 0 Å². The summed E-state index contributed by atoms with van der Waals surface area (Å²) in [4.78, 5) is 2.53. The van der Waals surface area contributed by atoms with Gasteiger partial charge in [-0.2, -0.15) is 0 Å². The zero-order valence-corrected chi connectivity index (χ0v) is 33.3. The van der Waals surface area contributed by atoms with Gasteiger partial charge in [-0.15, -0.1) is 11.3 Å². The number of hydrogen-bond donors (Lipinski definition) is 0. The average Bonchev–Trinajstić information content (AvgIpc) is 3.84. The highest BCUT2D eigenvalue weighted by atomic mass is 32.1. The Morgan fingerprint density at radius 1 is 0.475 bits per heavy atom. The molecule has 0 fully saturated rings. The summed E-state index contributed by atoms with van der Waals surface area (Å²) in [6, 6.07) is 72.7. The van der Waals surface area contributed by atoms with Gasteiger partial charge in [-0.05, 0) is 116 Å². The van der Waals surface area contributed by atoms with Gasteiger partial charge < -0.3 is 4.90 Å². The zero-order chi connectivity index (χ0) is 38.9. The van der Waals surface area contributed by atoms with Gasteiger partial charge in [-0.3, -0.25) is 0 Å². The SMILES string of the molecule is C1=CCCC(N(c2ccc3sc4ccccc4c3c2)c2ccc(-c3cc4ccccc4c4c3-c3ccccc3C4(c3ccccc3)c3ccccc3)c3ccccc23)=C1. The molecule has 2 aliphatic carbocycles. The number of fused-ring (bicyclic) bond motifs is 9. The van der Waals surface area contributed by atoms with Crippen LogP contribution in [0.25, 0.3) is 64.0 Å². The van der Waals surface area contributed by atoms with Gasteiger partial charge in [-0.25, -0.2) is 0 Å². The number of thiophene rings is 1. The molecule has 0 unspecified atom stereocenters. The number of anilines is 2. The molecule has 10 aromatic rings. The summed E-state index contributed by atoms with van der Waals surface area (Å²) in [6.07, 6.45) is 8.81. The van der Waals surface area contributed by atoms with Crippen LogP contribution in [0.5, 0.6) is 0 Å². The largest absolute Gasteiger partial charge is 0.314 e. The summed E-state index contributed by atoms with van der Waals surface area (Å²) in [5.41, 5.74) is 13.5. The lowest BCUT2D eigenvalue weighted by Gasteiger charge is -2.35. The topological polar surface area (TPSA) is 3.24 Å². The molecule has 278 valence electrons. The van der Waals surface area contributed by atoms with Gasteiger partial charge in [0.2, 0.25) is 0 Å². The van der Waals surface area contributed by atoms with Gasteiger partial charge in [0.25, 0.3) is 0 Å². The third-order valence-electron chi connectivity index (χ3n) is 12.8. The summed E-state index contributed by atoms with van der Waals surface area (Å²) in [7, 11) is 0. The van der Waals surface area contributed by atoms with E-state index in [9.17, 15) is 0 Å². The summed E-state index contributed by atoms with van der Waals surface area (Å²) < 4.78 is 2.65. The lowest BCUT2D eigenvalue weighted by Crippen LogP contribution is -2.28. The van der Waals surface area contributed by atoms with Crippen LogP contribution in [0.2, 0.25) is 0 Å². The fourth-order valence-electron chi connectivity index (χ4n) is 10.3. The van der Waals surface area contributed by atoms with Crippen molar-refractivity contribution in [3.8, 4) is 22.3 Å². The van der Waals surface area contributed by atoms with Gasteiger partial charge in [-0.1, -0.05) is 170 Å². The minimum Gasteiger partial charge on any atom is -0.314 e.